The predicted octanol–water partition coefficient (Wildman–Crippen LogP) is 4.39. The van der Waals surface area contributed by atoms with E-state index in [4.69, 9.17) is 9.97 Å². The Morgan fingerprint density at radius 3 is 2.50 bits per heavy atom. The van der Waals surface area contributed by atoms with Crippen molar-refractivity contribution in [2.45, 2.75) is 44.2 Å². The zero-order valence-electron chi connectivity index (χ0n) is 17.7. The molecule has 6 heteroatoms. The molecule has 2 aromatic carbocycles. The van der Waals surface area contributed by atoms with Crippen LogP contribution in [0.2, 0.25) is 0 Å². The summed E-state index contributed by atoms with van der Waals surface area (Å²) >= 11 is 0. The number of hydrogen-bond acceptors (Lipinski definition) is 5. The van der Waals surface area contributed by atoms with Crippen molar-refractivity contribution in [3.05, 3.63) is 59.9 Å². The van der Waals surface area contributed by atoms with Gasteiger partial charge in [-0.05, 0) is 68.5 Å². The quantitative estimate of drug-likeness (QED) is 0.608. The lowest BCUT2D eigenvalue weighted by Gasteiger charge is -2.30. The summed E-state index contributed by atoms with van der Waals surface area (Å²) in [4.78, 5) is 11.5. The highest BCUT2D eigenvalue weighted by atomic mass is 19.1. The number of nitrogens with one attached hydrogen (secondary N) is 2. The molecule has 0 saturated heterocycles. The Bertz CT molecular complexity index is 982. The predicted molar refractivity (Wildman–Crippen MR) is 122 cm³/mol. The second-order valence-corrected chi connectivity index (χ2v) is 8.31. The minimum Gasteiger partial charge on any atom is -0.362 e. The zero-order chi connectivity index (χ0) is 20.9. The number of anilines is 2. The van der Waals surface area contributed by atoms with E-state index in [0.29, 0.717) is 18.0 Å². The third-order valence-corrected chi connectivity index (χ3v) is 5.80. The van der Waals surface area contributed by atoms with Crippen LogP contribution in [0.3, 0.4) is 0 Å². The van der Waals surface area contributed by atoms with E-state index in [1.165, 1.54) is 6.07 Å². The number of fused-ring (bicyclic) bond motifs is 1. The third kappa shape index (κ3) is 5.05. The van der Waals surface area contributed by atoms with Crippen molar-refractivity contribution >= 4 is 22.7 Å². The maximum absolute atomic E-state index is 13.3. The van der Waals surface area contributed by atoms with Crippen LogP contribution in [-0.4, -0.2) is 42.7 Å². The fourth-order valence-electron chi connectivity index (χ4n) is 4.20. The van der Waals surface area contributed by atoms with E-state index >= 15 is 0 Å². The van der Waals surface area contributed by atoms with E-state index in [2.05, 4.69) is 16.7 Å². The van der Waals surface area contributed by atoms with Gasteiger partial charge in [-0.1, -0.05) is 24.3 Å². The van der Waals surface area contributed by atoms with Gasteiger partial charge in [0.25, 0.3) is 0 Å². The number of nitrogens with zero attached hydrogens (tertiary/aromatic N) is 3. The SMILES string of the molecule is CN(C)c1nc(NC2CCC(NCCc3cccc(F)c3)CC2)nc2ccccc12. The van der Waals surface area contributed by atoms with E-state index in [9.17, 15) is 4.39 Å². The van der Waals surface area contributed by atoms with Gasteiger partial charge < -0.3 is 15.5 Å². The van der Waals surface area contributed by atoms with Gasteiger partial charge in [0.1, 0.15) is 11.6 Å². The van der Waals surface area contributed by atoms with Crippen molar-refractivity contribution in [2.24, 2.45) is 0 Å². The van der Waals surface area contributed by atoms with Gasteiger partial charge in [-0.25, -0.2) is 9.37 Å². The zero-order valence-corrected chi connectivity index (χ0v) is 17.7. The summed E-state index contributed by atoms with van der Waals surface area (Å²) < 4.78 is 13.3. The Balaban J connectivity index is 1.29. The fraction of sp³-hybridized carbons (Fsp3) is 0.417. The van der Waals surface area contributed by atoms with Crippen LogP contribution in [0.5, 0.6) is 0 Å². The van der Waals surface area contributed by atoms with Crippen LogP contribution in [0.15, 0.2) is 48.5 Å². The Morgan fingerprint density at radius 2 is 1.73 bits per heavy atom. The number of hydrogen-bond donors (Lipinski definition) is 2. The molecule has 0 bridgehead atoms. The van der Waals surface area contributed by atoms with Crippen LogP contribution >= 0.6 is 0 Å². The highest BCUT2D eigenvalue weighted by Gasteiger charge is 2.22. The molecule has 4 rings (SSSR count). The molecule has 5 nitrogen and oxygen atoms in total. The Morgan fingerprint density at radius 1 is 0.967 bits per heavy atom. The van der Waals surface area contributed by atoms with Crippen LogP contribution in [0.1, 0.15) is 31.2 Å². The van der Waals surface area contributed by atoms with Crippen LogP contribution in [0, 0.1) is 5.82 Å². The fourth-order valence-corrected chi connectivity index (χ4v) is 4.20. The van der Waals surface area contributed by atoms with E-state index < -0.39 is 0 Å². The molecule has 30 heavy (non-hydrogen) atoms. The average Bonchev–Trinajstić information content (AvgIpc) is 2.74. The summed E-state index contributed by atoms with van der Waals surface area (Å²) in [6, 6.07) is 15.9. The van der Waals surface area contributed by atoms with Crippen molar-refractivity contribution < 1.29 is 4.39 Å². The maximum Gasteiger partial charge on any atom is 0.225 e. The second-order valence-electron chi connectivity index (χ2n) is 8.31. The molecule has 1 aromatic heterocycles. The lowest BCUT2D eigenvalue weighted by Crippen LogP contribution is -2.38. The van der Waals surface area contributed by atoms with Crippen LogP contribution < -0.4 is 15.5 Å². The number of aromatic nitrogens is 2. The minimum atomic E-state index is -0.160. The summed E-state index contributed by atoms with van der Waals surface area (Å²) in [6.45, 7) is 0.881. The van der Waals surface area contributed by atoms with Crippen molar-refractivity contribution in [1.29, 1.82) is 0 Å². The van der Waals surface area contributed by atoms with Gasteiger partial charge in [0.15, 0.2) is 0 Å². The molecule has 0 amide bonds. The van der Waals surface area contributed by atoms with E-state index in [1.807, 2.05) is 43.3 Å². The highest BCUT2D eigenvalue weighted by molar-refractivity contribution is 5.90. The molecule has 1 heterocycles. The first-order valence-electron chi connectivity index (χ1n) is 10.8. The van der Waals surface area contributed by atoms with Crippen molar-refractivity contribution in [3.8, 4) is 0 Å². The number of benzene rings is 2. The van der Waals surface area contributed by atoms with Gasteiger partial charge in [-0.2, -0.15) is 4.98 Å². The van der Waals surface area contributed by atoms with Crippen molar-refractivity contribution in [1.82, 2.24) is 15.3 Å². The Hall–Kier alpha value is -2.73. The first-order valence-corrected chi connectivity index (χ1v) is 10.8. The average molecular weight is 408 g/mol. The van der Waals surface area contributed by atoms with Crippen molar-refractivity contribution in [2.75, 3.05) is 30.9 Å². The lowest BCUT2D eigenvalue weighted by atomic mass is 9.91. The molecular formula is C24H30FN5. The molecule has 1 fully saturated rings. The molecule has 3 aromatic rings. The summed E-state index contributed by atoms with van der Waals surface area (Å²) in [5.74, 6) is 1.49. The Labute approximate surface area is 177 Å². The van der Waals surface area contributed by atoms with Crippen LogP contribution in [0.4, 0.5) is 16.2 Å². The van der Waals surface area contributed by atoms with Gasteiger partial charge in [0.2, 0.25) is 5.95 Å². The number of rotatable bonds is 7. The third-order valence-electron chi connectivity index (χ3n) is 5.80. The molecule has 158 valence electrons. The monoisotopic (exact) mass is 407 g/mol. The van der Waals surface area contributed by atoms with Gasteiger partial charge in [-0.15, -0.1) is 0 Å². The summed E-state index contributed by atoms with van der Waals surface area (Å²) in [5.41, 5.74) is 2.01. The van der Waals surface area contributed by atoms with E-state index in [1.54, 1.807) is 12.1 Å². The summed E-state index contributed by atoms with van der Waals surface area (Å²) in [5, 5.41) is 8.26. The van der Waals surface area contributed by atoms with Gasteiger partial charge >= 0.3 is 0 Å². The van der Waals surface area contributed by atoms with Crippen LogP contribution in [0.25, 0.3) is 10.9 Å². The largest absolute Gasteiger partial charge is 0.362 e. The molecule has 1 aliphatic rings. The molecular weight excluding hydrogens is 377 g/mol. The smallest absolute Gasteiger partial charge is 0.225 e. The number of para-hydroxylation sites is 1. The highest BCUT2D eigenvalue weighted by Crippen LogP contribution is 2.26. The molecule has 0 spiro atoms. The molecule has 2 N–H and O–H groups in total. The molecule has 0 aliphatic heterocycles. The second kappa shape index (κ2) is 9.39. The van der Waals surface area contributed by atoms with Gasteiger partial charge in [0, 0.05) is 31.6 Å². The summed E-state index contributed by atoms with van der Waals surface area (Å²) in [7, 11) is 4.03. The van der Waals surface area contributed by atoms with Gasteiger partial charge in [0.05, 0.1) is 5.52 Å². The standard InChI is InChI=1S/C24H30FN5/c1-30(2)23-21-8-3-4-9-22(21)28-24(29-23)27-20-12-10-19(11-13-20)26-15-14-17-6-5-7-18(25)16-17/h3-9,16,19-20,26H,10-15H2,1-2H3,(H,27,28,29). The maximum atomic E-state index is 13.3. The first kappa shape index (κ1) is 20.5. The van der Waals surface area contributed by atoms with Crippen LogP contribution in [-0.2, 0) is 6.42 Å². The van der Waals surface area contributed by atoms with E-state index in [-0.39, 0.29) is 5.82 Å². The van der Waals surface area contributed by atoms with E-state index in [0.717, 1.165) is 60.9 Å². The lowest BCUT2D eigenvalue weighted by molar-refractivity contribution is 0.355. The normalized spacial score (nSPS) is 19.0. The van der Waals surface area contributed by atoms with Crippen molar-refractivity contribution in [3.63, 3.8) is 0 Å². The molecule has 0 atom stereocenters. The minimum absolute atomic E-state index is 0.160. The first-order chi connectivity index (χ1) is 14.6. The van der Waals surface area contributed by atoms with Gasteiger partial charge in [-0.3, -0.25) is 0 Å². The topological polar surface area (TPSA) is 53.1 Å². The molecule has 1 saturated carbocycles. The molecule has 1 aliphatic carbocycles. The molecule has 0 radical (unpaired) electrons. The summed E-state index contributed by atoms with van der Waals surface area (Å²) in [6.07, 6.45) is 5.27. The number of halogens is 1. The Kier molecular flexibility index (Phi) is 6.43. The molecule has 0 unspecified atom stereocenters.